The first kappa shape index (κ1) is 19.0. The van der Waals surface area contributed by atoms with Gasteiger partial charge in [0.2, 0.25) is 11.8 Å². The molecule has 1 fully saturated rings. The summed E-state index contributed by atoms with van der Waals surface area (Å²) in [5.74, 6) is 0.786. The molecule has 0 aliphatic carbocycles. The van der Waals surface area contributed by atoms with Crippen LogP contribution in [-0.2, 0) is 6.42 Å². The van der Waals surface area contributed by atoms with Gasteiger partial charge in [-0.1, -0.05) is 12.1 Å². The van der Waals surface area contributed by atoms with Crippen molar-refractivity contribution in [3.05, 3.63) is 70.9 Å². The highest BCUT2D eigenvalue weighted by Crippen LogP contribution is 2.32. The third-order valence-corrected chi connectivity index (χ3v) is 5.00. The SMILES string of the molecule is Cc1cc(C(=O)N2CCCCC2c2ncc(Cc3ccc(F)cc3)o2)nc(N)n1. The van der Waals surface area contributed by atoms with Crippen molar-refractivity contribution < 1.29 is 13.6 Å². The Balaban J connectivity index is 1.55. The maximum absolute atomic E-state index is 13.1. The Morgan fingerprint density at radius 1 is 1.28 bits per heavy atom. The number of benzene rings is 1. The molecule has 0 radical (unpaired) electrons. The monoisotopic (exact) mass is 395 g/mol. The van der Waals surface area contributed by atoms with Gasteiger partial charge in [-0.3, -0.25) is 4.79 Å². The molecule has 2 aromatic heterocycles. The Bertz CT molecular complexity index is 998. The van der Waals surface area contributed by atoms with Crippen LogP contribution in [0.15, 0.2) is 40.9 Å². The van der Waals surface area contributed by atoms with Crippen molar-refractivity contribution in [1.82, 2.24) is 19.9 Å². The lowest BCUT2D eigenvalue weighted by molar-refractivity contribution is 0.0564. The molecule has 150 valence electrons. The van der Waals surface area contributed by atoms with Crippen LogP contribution >= 0.6 is 0 Å². The Hall–Kier alpha value is -3.29. The van der Waals surface area contributed by atoms with Gasteiger partial charge in [0.1, 0.15) is 23.3 Å². The van der Waals surface area contributed by atoms with Gasteiger partial charge in [-0.25, -0.2) is 19.3 Å². The molecule has 8 heteroatoms. The van der Waals surface area contributed by atoms with Crippen LogP contribution in [0.3, 0.4) is 0 Å². The topological polar surface area (TPSA) is 98.1 Å². The molecule has 0 saturated carbocycles. The lowest BCUT2D eigenvalue weighted by Gasteiger charge is -2.33. The van der Waals surface area contributed by atoms with Crippen molar-refractivity contribution in [2.45, 2.75) is 38.6 Å². The number of carbonyl (C=O) groups excluding carboxylic acids is 1. The van der Waals surface area contributed by atoms with Crippen LogP contribution in [0.2, 0.25) is 0 Å². The van der Waals surface area contributed by atoms with Crippen molar-refractivity contribution in [2.75, 3.05) is 12.3 Å². The van der Waals surface area contributed by atoms with Gasteiger partial charge >= 0.3 is 0 Å². The smallest absolute Gasteiger partial charge is 0.273 e. The standard InChI is InChI=1S/C21H22FN5O2/c1-13-10-17(26-21(23)25-13)20(28)27-9-3-2-4-18(27)19-24-12-16(29-19)11-14-5-7-15(22)8-6-14/h5-8,10,12,18H,2-4,9,11H2,1H3,(H2,23,25,26). The normalized spacial score (nSPS) is 16.8. The van der Waals surface area contributed by atoms with Gasteiger partial charge in [-0.15, -0.1) is 0 Å². The molecule has 29 heavy (non-hydrogen) atoms. The van der Waals surface area contributed by atoms with Crippen LogP contribution in [0.4, 0.5) is 10.3 Å². The van der Waals surface area contributed by atoms with E-state index in [9.17, 15) is 9.18 Å². The van der Waals surface area contributed by atoms with Crippen LogP contribution in [0.25, 0.3) is 0 Å². The maximum Gasteiger partial charge on any atom is 0.273 e. The second-order valence-corrected chi connectivity index (χ2v) is 7.23. The van der Waals surface area contributed by atoms with Gasteiger partial charge in [-0.2, -0.15) is 0 Å². The summed E-state index contributed by atoms with van der Waals surface area (Å²) in [5, 5.41) is 0. The first-order valence-corrected chi connectivity index (χ1v) is 9.61. The van der Waals surface area contributed by atoms with E-state index in [4.69, 9.17) is 10.2 Å². The average molecular weight is 395 g/mol. The number of oxazole rings is 1. The fraction of sp³-hybridized carbons (Fsp3) is 0.333. The van der Waals surface area contributed by atoms with Gasteiger partial charge in [-0.05, 0) is 49.9 Å². The predicted octanol–water partition coefficient (Wildman–Crippen LogP) is 3.45. The van der Waals surface area contributed by atoms with E-state index in [-0.39, 0.29) is 29.4 Å². The number of amides is 1. The molecular weight excluding hydrogens is 373 g/mol. The summed E-state index contributed by atoms with van der Waals surface area (Å²) in [6, 6.07) is 7.66. The first-order chi connectivity index (χ1) is 14.0. The third kappa shape index (κ3) is 4.26. The Kier molecular flexibility index (Phi) is 5.24. The van der Waals surface area contributed by atoms with E-state index < -0.39 is 0 Å². The van der Waals surface area contributed by atoms with Crippen LogP contribution < -0.4 is 5.73 Å². The van der Waals surface area contributed by atoms with Crippen LogP contribution in [0.1, 0.15) is 58.7 Å². The predicted molar refractivity (Wildman–Crippen MR) is 105 cm³/mol. The molecular formula is C21H22FN5O2. The van der Waals surface area contributed by atoms with E-state index in [2.05, 4.69) is 15.0 Å². The highest BCUT2D eigenvalue weighted by molar-refractivity contribution is 5.93. The highest BCUT2D eigenvalue weighted by Gasteiger charge is 2.32. The number of aromatic nitrogens is 3. The van der Waals surface area contributed by atoms with E-state index in [1.54, 1.807) is 36.2 Å². The fourth-order valence-corrected chi connectivity index (χ4v) is 3.64. The van der Waals surface area contributed by atoms with Crippen LogP contribution in [0.5, 0.6) is 0 Å². The molecule has 1 atom stereocenters. The molecule has 4 rings (SSSR count). The quantitative estimate of drug-likeness (QED) is 0.726. The molecule has 1 unspecified atom stereocenters. The summed E-state index contributed by atoms with van der Waals surface area (Å²) in [7, 11) is 0. The molecule has 0 bridgehead atoms. The van der Waals surface area contributed by atoms with E-state index in [0.29, 0.717) is 30.3 Å². The molecule has 1 saturated heterocycles. The Morgan fingerprint density at radius 3 is 2.83 bits per heavy atom. The van der Waals surface area contributed by atoms with Gasteiger partial charge in [0.05, 0.1) is 6.20 Å². The molecule has 1 aliphatic rings. The Morgan fingerprint density at radius 2 is 2.07 bits per heavy atom. The summed E-state index contributed by atoms with van der Waals surface area (Å²) >= 11 is 0. The lowest BCUT2D eigenvalue weighted by atomic mass is 10.0. The number of rotatable bonds is 4. The molecule has 1 aliphatic heterocycles. The zero-order valence-electron chi connectivity index (χ0n) is 16.1. The summed E-state index contributed by atoms with van der Waals surface area (Å²) in [6.07, 6.45) is 4.83. The van der Waals surface area contributed by atoms with E-state index >= 15 is 0 Å². The van der Waals surface area contributed by atoms with Crippen LogP contribution in [0, 0.1) is 12.7 Å². The van der Waals surface area contributed by atoms with Gasteiger partial charge in [0.15, 0.2) is 0 Å². The number of halogens is 1. The number of aryl methyl sites for hydroxylation is 1. The van der Waals surface area contributed by atoms with Gasteiger partial charge in [0, 0.05) is 18.7 Å². The number of piperidine rings is 1. The minimum atomic E-state index is -0.274. The summed E-state index contributed by atoms with van der Waals surface area (Å²) in [5.41, 5.74) is 7.56. The molecule has 0 spiro atoms. The van der Waals surface area contributed by atoms with E-state index in [1.807, 2.05) is 0 Å². The third-order valence-electron chi connectivity index (χ3n) is 5.00. The number of hydrogen-bond acceptors (Lipinski definition) is 6. The largest absolute Gasteiger partial charge is 0.443 e. The van der Waals surface area contributed by atoms with Gasteiger partial charge in [0.25, 0.3) is 5.91 Å². The molecule has 1 amide bonds. The summed E-state index contributed by atoms with van der Waals surface area (Å²) in [6.45, 7) is 2.38. The number of anilines is 1. The average Bonchev–Trinajstić information content (AvgIpc) is 3.17. The molecule has 3 aromatic rings. The first-order valence-electron chi connectivity index (χ1n) is 9.61. The number of hydrogen-bond donors (Lipinski definition) is 1. The lowest BCUT2D eigenvalue weighted by Crippen LogP contribution is -2.39. The fourth-order valence-electron chi connectivity index (χ4n) is 3.64. The number of likely N-dealkylation sites (tertiary alicyclic amines) is 1. The van der Waals surface area contributed by atoms with Crippen molar-refractivity contribution in [3.63, 3.8) is 0 Å². The van der Waals surface area contributed by atoms with E-state index in [1.165, 1.54) is 12.1 Å². The summed E-state index contributed by atoms with van der Waals surface area (Å²) < 4.78 is 19.1. The second-order valence-electron chi connectivity index (χ2n) is 7.23. The van der Waals surface area contributed by atoms with Crippen molar-refractivity contribution in [1.29, 1.82) is 0 Å². The molecule has 3 heterocycles. The zero-order chi connectivity index (χ0) is 20.4. The van der Waals surface area contributed by atoms with Crippen molar-refractivity contribution in [2.24, 2.45) is 0 Å². The Labute approximate surface area is 167 Å². The second kappa shape index (κ2) is 7.98. The van der Waals surface area contributed by atoms with Gasteiger partial charge < -0.3 is 15.1 Å². The minimum Gasteiger partial charge on any atom is -0.443 e. The number of carbonyl (C=O) groups is 1. The number of nitrogens with two attached hydrogens (primary N) is 1. The highest BCUT2D eigenvalue weighted by atomic mass is 19.1. The number of nitrogen functional groups attached to an aromatic ring is 1. The minimum absolute atomic E-state index is 0.0830. The number of nitrogens with zero attached hydrogens (tertiary/aromatic N) is 4. The molecule has 2 N–H and O–H groups in total. The van der Waals surface area contributed by atoms with Crippen molar-refractivity contribution >= 4 is 11.9 Å². The van der Waals surface area contributed by atoms with Crippen LogP contribution in [-0.4, -0.2) is 32.3 Å². The maximum atomic E-state index is 13.1. The zero-order valence-corrected chi connectivity index (χ0v) is 16.1. The molecule has 7 nitrogen and oxygen atoms in total. The summed E-state index contributed by atoms with van der Waals surface area (Å²) in [4.78, 5) is 27.4. The van der Waals surface area contributed by atoms with Crippen molar-refractivity contribution in [3.8, 4) is 0 Å². The molecule has 1 aromatic carbocycles. The van der Waals surface area contributed by atoms with E-state index in [0.717, 1.165) is 24.8 Å².